The second kappa shape index (κ2) is 7.39. The van der Waals surface area contributed by atoms with Crippen molar-refractivity contribution in [2.75, 3.05) is 29.5 Å². The highest BCUT2D eigenvalue weighted by Crippen LogP contribution is 2.48. The molecule has 2 heterocycles. The van der Waals surface area contributed by atoms with Gasteiger partial charge in [0.1, 0.15) is 11.9 Å². The number of benzene rings is 1. The van der Waals surface area contributed by atoms with Gasteiger partial charge in [-0.05, 0) is 48.7 Å². The lowest BCUT2D eigenvalue weighted by Gasteiger charge is -2.39. The molecular weight excluding hydrogens is 367 g/mol. The van der Waals surface area contributed by atoms with Gasteiger partial charge in [-0.2, -0.15) is 10.6 Å². The largest absolute Gasteiger partial charge is 0.442 e. The van der Waals surface area contributed by atoms with Gasteiger partial charge in [0.25, 0.3) is 0 Å². The van der Waals surface area contributed by atoms with E-state index in [4.69, 9.17) is 4.74 Å². The Morgan fingerprint density at radius 2 is 2.12 bits per heavy atom. The molecule has 0 aromatic heterocycles. The number of hydrogen-bond acceptors (Lipinski definition) is 6. The van der Waals surface area contributed by atoms with Gasteiger partial charge in [0.2, 0.25) is 0 Å². The van der Waals surface area contributed by atoms with Crippen LogP contribution in [0.2, 0.25) is 0 Å². The molecule has 0 unspecified atom stereocenters. The lowest BCUT2D eigenvalue weighted by atomic mass is 9.93. The number of hydrogen-bond donors (Lipinski definition) is 2. The molecule has 2 N–H and O–H groups in total. The zero-order chi connectivity index (χ0) is 18.0. The molecule has 2 aliphatic rings. The number of isothiocyanates is 1. The molecule has 25 heavy (non-hydrogen) atoms. The Morgan fingerprint density at radius 1 is 1.40 bits per heavy atom. The van der Waals surface area contributed by atoms with Crippen LogP contribution in [0.25, 0.3) is 0 Å². The van der Waals surface area contributed by atoms with Crippen molar-refractivity contribution < 1.29 is 23.0 Å². The number of thiocarbonyl (C=S) groups is 1. The van der Waals surface area contributed by atoms with Crippen molar-refractivity contribution in [1.82, 2.24) is 0 Å². The number of carbonyl (C=O) groups excluding carboxylic acids is 1. The van der Waals surface area contributed by atoms with Crippen LogP contribution in [0.1, 0.15) is 24.3 Å². The van der Waals surface area contributed by atoms with E-state index < -0.39 is 28.6 Å². The number of cyclic esters (lactones) is 1. The fraction of sp³-hybridized carbons (Fsp3) is 0.500. The van der Waals surface area contributed by atoms with Gasteiger partial charge in [-0.25, -0.2) is 14.2 Å². The maximum Gasteiger partial charge on any atom is 0.414 e. The Kier molecular flexibility index (Phi) is 5.41. The van der Waals surface area contributed by atoms with Crippen molar-refractivity contribution in [3.05, 3.63) is 29.6 Å². The Balaban J connectivity index is 1.72. The molecule has 0 aliphatic carbocycles. The molecule has 1 aromatic rings. The summed E-state index contributed by atoms with van der Waals surface area (Å²) in [5.74, 6) is 0.178. The van der Waals surface area contributed by atoms with Crippen LogP contribution in [0.15, 0.2) is 23.2 Å². The smallest absolute Gasteiger partial charge is 0.414 e. The maximum absolute atomic E-state index is 14.6. The third-order valence-corrected chi connectivity index (χ3v) is 6.46. The molecule has 0 spiro atoms. The molecule has 1 atom stereocenters. The lowest BCUT2D eigenvalue weighted by molar-refractivity contribution is 0.145. The van der Waals surface area contributed by atoms with Gasteiger partial charge in [-0.15, -0.1) is 0 Å². The number of aliphatic imine (C=N–C) groups is 1. The first kappa shape index (κ1) is 18.3. The molecule has 1 amide bonds. The van der Waals surface area contributed by atoms with E-state index in [-0.39, 0.29) is 19.0 Å². The average Bonchev–Trinajstić information content (AvgIpc) is 2.94. The molecule has 9 heteroatoms. The number of halogens is 1. The van der Waals surface area contributed by atoms with Crippen molar-refractivity contribution in [1.29, 1.82) is 0 Å². The summed E-state index contributed by atoms with van der Waals surface area (Å²) in [6, 6.07) is 4.69. The van der Waals surface area contributed by atoms with Gasteiger partial charge in [0, 0.05) is 11.5 Å². The molecule has 0 bridgehead atoms. The van der Waals surface area contributed by atoms with E-state index >= 15 is 0 Å². The number of carbonyl (C=O) groups is 1. The second-order valence-electron chi connectivity index (χ2n) is 6.24. The van der Waals surface area contributed by atoms with Gasteiger partial charge < -0.3 is 4.74 Å². The molecular formula is C16H19FN2O4S2. The molecule has 136 valence electrons. The van der Waals surface area contributed by atoms with Gasteiger partial charge >= 0.3 is 6.09 Å². The van der Waals surface area contributed by atoms with Crippen molar-refractivity contribution in [2.24, 2.45) is 4.99 Å². The molecule has 6 nitrogen and oxygen atoms in total. The molecule has 2 aliphatic heterocycles. The zero-order valence-corrected chi connectivity index (χ0v) is 15.1. The van der Waals surface area contributed by atoms with E-state index in [0.717, 1.165) is 0 Å². The molecule has 1 aromatic carbocycles. The van der Waals surface area contributed by atoms with Crippen LogP contribution in [0.5, 0.6) is 0 Å². The van der Waals surface area contributed by atoms with Crippen LogP contribution < -0.4 is 4.90 Å². The molecule has 2 saturated heterocycles. The van der Waals surface area contributed by atoms with Crippen molar-refractivity contribution in [2.45, 2.75) is 24.9 Å². The number of anilines is 1. The van der Waals surface area contributed by atoms with E-state index in [1.165, 1.54) is 11.0 Å². The van der Waals surface area contributed by atoms with Crippen molar-refractivity contribution >= 4 is 39.7 Å². The SMILES string of the molecule is O=C1O[C@H](CN=C=S)CN1c1ccc(C2CCS(O)(O)CC2)c(F)c1. The van der Waals surface area contributed by atoms with E-state index in [0.29, 0.717) is 35.6 Å². The topological polar surface area (TPSA) is 82.4 Å². The summed E-state index contributed by atoms with van der Waals surface area (Å²) in [7, 11) is -2.49. The van der Waals surface area contributed by atoms with Crippen LogP contribution in [-0.2, 0) is 4.74 Å². The zero-order valence-electron chi connectivity index (χ0n) is 13.4. The highest BCUT2D eigenvalue weighted by Gasteiger charge is 2.33. The summed E-state index contributed by atoms with van der Waals surface area (Å²) in [4.78, 5) is 17.1. The summed E-state index contributed by atoms with van der Waals surface area (Å²) >= 11 is 4.50. The highest BCUT2D eigenvalue weighted by atomic mass is 32.3. The highest BCUT2D eigenvalue weighted by molar-refractivity contribution is 8.24. The predicted octanol–water partition coefficient (Wildman–Crippen LogP) is 3.88. The van der Waals surface area contributed by atoms with Crippen molar-refractivity contribution in [3.8, 4) is 0 Å². The van der Waals surface area contributed by atoms with Gasteiger partial charge in [-0.1, -0.05) is 6.07 Å². The number of ether oxygens (including phenoxy) is 1. The third-order valence-electron chi connectivity index (χ3n) is 4.56. The molecule has 0 radical (unpaired) electrons. The quantitative estimate of drug-likeness (QED) is 0.606. The Morgan fingerprint density at radius 3 is 2.76 bits per heavy atom. The first-order valence-electron chi connectivity index (χ1n) is 7.94. The number of amides is 1. The molecule has 3 rings (SSSR count). The van der Waals surface area contributed by atoms with E-state index in [9.17, 15) is 18.3 Å². The standard InChI is InChI=1S/C16H19FN2O4S2/c17-15-7-12(19-9-13(8-18-10-24)23-16(19)20)1-2-14(15)11-3-5-25(21,22)6-4-11/h1-2,7,11,13,21-22H,3-6,8-9H2/t13-/m1/s1. The van der Waals surface area contributed by atoms with Gasteiger partial charge in [0.15, 0.2) is 0 Å². The van der Waals surface area contributed by atoms with Crippen LogP contribution in [0, 0.1) is 5.82 Å². The minimum absolute atomic E-state index is 0.0378. The summed E-state index contributed by atoms with van der Waals surface area (Å²) in [6.45, 7) is 0.517. The normalized spacial score (nSPS) is 24.5. The van der Waals surface area contributed by atoms with Crippen LogP contribution in [-0.4, -0.2) is 51.1 Å². The summed E-state index contributed by atoms with van der Waals surface area (Å²) in [6.07, 6.45) is 0.127. The summed E-state index contributed by atoms with van der Waals surface area (Å²) in [5, 5.41) is 2.23. The average molecular weight is 386 g/mol. The van der Waals surface area contributed by atoms with E-state index in [1.54, 1.807) is 12.1 Å². The summed E-state index contributed by atoms with van der Waals surface area (Å²) in [5.41, 5.74) is 0.980. The molecule has 0 saturated carbocycles. The predicted molar refractivity (Wildman–Crippen MR) is 98.5 cm³/mol. The van der Waals surface area contributed by atoms with Crippen LogP contribution in [0.4, 0.5) is 14.9 Å². The first-order chi connectivity index (χ1) is 11.9. The number of nitrogens with zero attached hydrogens (tertiary/aromatic N) is 2. The van der Waals surface area contributed by atoms with E-state index in [2.05, 4.69) is 22.4 Å². The van der Waals surface area contributed by atoms with Crippen molar-refractivity contribution in [3.63, 3.8) is 0 Å². The Labute approximate surface area is 152 Å². The minimum Gasteiger partial charge on any atom is -0.442 e. The van der Waals surface area contributed by atoms with Gasteiger partial charge in [-0.3, -0.25) is 14.0 Å². The minimum atomic E-state index is -2.49. The summed E-state index contributed by atoms with van der Waals surface area (Å²) < 4.78 is 39.1. The fourth-order valence-corrected chi connectivity index (χ4v) is 4.80. The molecule has 2 fully saturated rings. The van der Waals surface area contributed by atoms with E-state index in [1.807, 2.05) is 0 Å². The number of rotatable bonds is 4. The monoisotopic (exact) mass is 386 g/mol. The lowest BCUT2D eigenvalue weighted by Crippen LogP contribution is -2.25. The third kappa shape index (κ3) is 4.19. The van der Waals surface area contributed by atoms with Crippen LogP contribution in [0.3, 0.4) is 0 Å². The first-order valence-corrected chi connectivity index (χ1v) is 10.2. The maximum atomic E-state index is 14.6. The fourth-order valence-electron chi connectivity index (χ4n) is 3.20. The van der Waals surface area contributed by atoms with Gasteiger partial charge in [0.05, 0.1) is 23.9 Å². The second-order valence-corrected chi connectivity index (χ2v) is 8.84. The Hall–Kier alpha value is -1.51. The Bertz CT molecular complexity index is 714. The van der Waals surface area contributed by atoms with Crippen LogP contribution >= 0.6 is 22.8 Å².